The molecule has 0 aliphatic carbocycles. The Labute approximate surface area is 134 Å². The maximum absolute atomic E-state index is 12.2. The minimum atomic E-state index is 0.145. The molecule has 0 radical (unpaired) electrons. The van der Waals surface area contributed by atoms with Crippen LogP contribution < -0.4 is 10.6 Å². The van der Waals surface area contributed by atoms with Crippen molar-refractivity contribution in [3.63, 3.8) is 0 Å². The van der Waals surface area contributed by atoms with E-state index in [0.717, 1.165) is 25.2 Å². The predicted molar refractivity (Wildman–Crippen MR) is 93.5 cm³/mol. The first kappa shape index (κ1) is 17.0. The van der Waals surface area contributed by atoms with Gasteiger partial charge in [-0.25, -0.2) is 0 Å². The van der Waals surface area contributed by atoms with Crippen molar-refractivity contribution in [1.29, 1.82) is 0 Å². The number of rotatable bonds is 6. The summed E-state index contributed by atoms with van der Waals surface area (Å²) in [5, 5.41) is 6.48. The van der Waals surface area contributed by atoms with E-state index in [1.807, 2.05) is 0 Å². The first-order valence-corrected chi connectivity index (χ1v) is 8.61. The van der Waals surface area contributed by atoms with Gasteiger partial charge >= 0.3 is 0 Å². The smallest absolute Gasteiger partial charge is 0.224 e. The Morgan fingerprint density at radius 1 is 1.27 bits per heavy atom. The Morgan fingerprint density at radius 3 is 2.64 bits per heavy atom. The molecule has 0 spiro atoms. The van der Waals surface area contributed by atoms with Crippen molar-refractivity contribution in [3.05, 3.63) is 29.3 Å². The molecule has 1 aromatic carbocycles. The van der Waals surface area contributed by atoms with Crippen LogP contribution in [0.1, 0.15) is 69.9 Å². The van der Waals surface area contributed by atoms with Crippen LogP contribution in [0.3, 0.4) is 0 Å². The lowest BCUT2D eigenvalue weighted by molar-refractivity contribution is -0.116. The van der Waals surface area contributed by atoms with Gasteiger partial charge in [0, 0.05) is 12.1 Å². The van der Waals surface area contributed by atoms with Gasteiger partial charge in [0.15, 0.2) is 0 Å². The summed E-state index contributed by atoms with van der Waals surface area (Å²) < 4.78 is 0. The fourth-order valence-electron chi connectivity index (χ4n) is 3.04. The van der Waals surface area contributed by atoms with E-state index >= 15 is 0 Å². The van der Waals surface area contributed by atoms with Gasteiger partial charge in [-0.1, -0.05) is 39.8 Å². The van der Waals surface area contributed by atoms with Gasteiger partial charge in [-0.2, -0.15) is 0 Å². The lowest BCUT2D eigenvalue weighted by atomic mass is 9.94. The highest BCUT2D eigenvalue weighted by Gasteiger charge is 2.17. The molecule has 1 aliphatic rings. The van der Waals surface area contributed by atoms with Crippen LogP contribution >= 0.6 is 0 Å². The van der Waals surface area contributed by atoms with E-state index in [4.69, 9.17) is 0 Å². The summed E-state index contributed by atoms with van der Waals surface area (Å²) in [6, 6.07) is 6.44. The fraction of sp³-hybridized carbons (Fsp3) is 0.632. The molecule has 1 amide bonds. The highest BCUT2D eigenvalue weighted by molar-refractivity contribution is 5.91. The van der Waals surface area contributed by atoms with Crippen LogP contribution in [0.15, 0.2) is 18.2 Å². The minimum Gasteiger partial charge on any atom is -0.326 e. The van der Waals surface area contributed by atoms with E-state index in [0.29, 0.717) is 24.2 Å². The Hall–Kier alpha value is -1.35. The topological polar surface area (TPSA) is 41.1 Å². The first-order chi connectivity index (χ1) is 10.5. The zero-order valence-electron chi connectivity index (χ0n) is 14.4. The molecule has 1 saturated heterocycles. The quantitative estimate of drug-likeness (QED) is 0.824. The van der Waals surface area contributed by atoms with Crippen LogP contribution in [0, 0.1) is 5.92 Å². The molecule has 0 bridgehead atoms. The predicted octanol–water partition coefficient (Wildman–Crippen LogP) is 4.26. The number of hydrogen-bond acceptors (Lipinski definition) is 2. The van der Waals surface area contributed by atoms with E-state index in [1.54, 1.807) is 0 Å². The molecule has 1 atom stereocenters. The van der Waals surface area contributed by atoms with Crippen LogP contribution in [0.5, 0.6) is 0 Å². The van der Waals surface area contributed by atoms with Crippen molar-refractivity contribution in [2.75, 3.05) is 18.4 Å². The second-order valence-corrected chi connectivity index (χ2v) is 7.10. The van der Waals surface area contributed by atoms with Crippen molar-refractivity contribution in [2.45, 2.75) is 58.8 Å². The van der Waals surface area contributed by atoms with Gasteiger partial charge in [0.1, 0.15) is 0 Å². The Morgan fingerprint density at radius 2 is 2.05 bits per heavy atom. The van der Waals surface area contributed by atoms with Gasteiger partial charge in [0.25, 0.3) is 0 Å². The SMILES string of the molecule is CC(C)c1ccc(NC(=O)CCC2CCNC2)c(C(C)C)c1. The lowest BCUT2D eigenvalue weighted by Gasteiger charge is -2.17. The Bertz CT molecular complexity index is 502. The number of amides is 1. The number of anilines is 1. The standard InChI is InChI=1S/C19H30N2O/c1-13(2)16-6-7-18(17(11-16)14(3)4)21-19(22)8-5-15-9-10-20-12-15/h6-7,11,13-15,20H,5,8-10,12H2,1-4H3,(H,21,22). The molecule has 1 aliphatic heterocycles. The number of nitrogens with one attached hydrogen (secondary N) is 2. The Kier molecular flexibility index (Phi) is 6.01. The second-order valence-electron chi connectivity index (χ2n) is 7.10. The van der Waals surface area contributed by atoms with Crippen molar-refractivity contribution >= 4 is 11.6 Å². The normalized spacial score (nSPS) is 18.2. The summed E-state index contributed by atoms with van der Waals surface area (Å²) in [7, 11) is 0. The zero-order valence-corrected chi connectivity index (χ0v) is 14.4. The van der Waals surface area contributed by atoms with Crippen LogP contribution in [0.2, 0.25) is 0 Å². The third kappa shape index (κ3) is 4.57. The molecule has 1 heterocycles. The van der Waals surface area contributed by atoms with E-state index in [2.05, 4.69) is 56.5 Å². The molecule has 0 aromatic heterocycles. The minimum absolute atomic E-state index is 0.145. The number of carbonyl (C=O) groups is 1. The number of hydrogen-bond donors (Lipinski definition) is 2. The molecule has 1 unspecified atom stereocenters. The summed E-state index contributed by atoms with van der Waals surface area (Å²) in [6.45, 7) is 10.9. The fourth-order valence-corrected chi connectivity index (χ4v) is 3.04. The Balaban J connectivity index is 1.99. The molecule has 2 rings (SSSR count). The highest BCUT2D eigenvalue weighted by atomic mass is 16.1. The summed E-state index contributed by atoms with van der Waals surface area (Å²) in [4.78, 5) is 12.2. The summed E-state index contributed by atoms with van der Waals surface area (Å²) in [6.07, 6.45) is 2.81. The van der Waals surface area contributed by atoms with Gasteiger partial charge in [0.2, 0.25) is 5.91 Å². The first-order valence-electron chi connectivity index (χ1n) is 8.61. The molecule has 22 heavy (non-hydrogen) atoms. The number of benzene rings is 1. The summed E-state index contributed by atoms with van der Waals surface area (Å²) in [5.41, 5.74) is 3.55. The van der Waals surface area contributed by atoms with E-state index in [1.165, 1.54) is 17.5 Å². The van der Waals surface area contributed by atoms with Crippen molar-refractivity contribution < 1.29 is 4.79 Å². The average Bonchev–Trinajstić information content (AvgIpc) is 2.98. The maximum atomic E-state index is 12.2. The van der Waals surface area contributed by atoms with Crippen molar-refractivity contribution in [1.82, 2.24) is 5.32 Å². The molecule has 1 aromatic rings. The average molecular weight is 302 g/mol. The van der Waals surface area contributed by atoms with Gasteiger partial charge in [-0.05, 0) is 60.9 Å². The molecule has 3 nitrogen and oxygen atoms in total. The monoisotopic (exact) mass is 302 g/mol. The largest absolute Gasteiger partial charge is 0.326 e. The zero-order chi connectivity index (χ0) is 16.1. The maximum Gasteiger partial charge on any atom is 0.224 e. The highest BCUT2D eigenvalue weighted by Crippen LogP contribution is 2.28. The van der Waals surface area contributed by atoms with E-state index in [-0.39, 0.29) is 5.91 Å². The van der Waals surface area contributed by atoms with Crippen LogP contribution in [-0.4, -0.2) is 19.0 Å². The van der Waals surface area contributed by atoms with Gasteiger partial charge in [0.05, 0.1) is 0 Å². The van der Waals surface area contributed by atoms with Gasteiger partial charge in [-0.3, -0.25) is 4.79 Å². The van der Waals surface area contributed by atoms with Crippen LogP contribution in [0.25, 0.3) is 0 Å². The molecule has 122 valence electrons. The molecule has 0 saturated carbocycles. The molecular weight excluding hydrogens is 272 g/mol. The lowest BCUT2D eigenvalue weighted by Crippen LogP contribution is -2.16. The molecular formula is C19H30N2O. The van der Waals surface area contributed by atoms with Crippen molar-refractivity contribution in [3.8, 4) is 0 Å². The van der Waals surface area contributed by atoms with Crippen LogP contribution in [0.4, 0.5) is 5.69 Å². The number of carbonyl (C=O) groups excluding carboxylic acids is 1. The molecule has 3 heteroatoms. The van der Waals surface area contributed by atoms with Gasteiger partial charge < -0.3 is 10.6 Å². The molecule has 2 N–H and O–H groups in total. The van der Waals surface area contributed by atoms with Crippen molar-refractivity contribution in [2.24, 2.45) is 5.92 Å². The molecule has 1 fully saturated rings. The second kappa shape index (κ2) is 7.77. The summed E-state index contributed by atoms with van der Waals surface area (Å²) >= 11 is 0. The van der Waals surface area contributed by atoms with Gasteiger partial charge in [-0.15, -0.1) is 0 Å². The third-order valence-corrected chi connectivity index (χ3v) is 4.58. The van der Waals surface area contributed by atoms with Crippen LogP contribution in [-0.2, 0) is 4.79 Å². The van der Waals surface area contributed by atoms with E-state index in [9.17, 15) is 4.79 Å². The third-order valence-electron chi connectivity index (χ3n) is 4.58. The van der Waals surface area contributed by atoms with E-state index < -0.39 is 0 Å². The summed E-state index contributed by atoms with van der Waals surface area (Å²) in [5.74, 6) is 1.73.